The zero-order valence-corrected chi connectivity index (χ0v) is 12.6. The van der Waals surface area contributed by atoms with Gasteiger partial charge in [0, 0.05) is 0 Å². The summed E-state index contributed by atoms with van der Waals surface area (Å²) in [6, 6.07) is 14.4. The van der Waals surface area contributed by atoms with E-state index in [1.165, 1.54) is 17.7 Å². The molecule has 0 aliphatic heterocycles. The van der Waals surface area contributed by atoms with Crippen LogP contribution in [0.25, 0.3) is 0 Å². The number of hydrogen-bond donors (Lipinski definition) is 1. The van der Waals surface area contributed by atoms with E-state index in [4.69, 9.17) is 14.6 Å². The molecule has 2 aromatic rings. The number of aromatic carboxylic acids is 1. The normalized spacial score (nSPS) is 10.2. The van der Waals surface area contributed by atoms with Gasteiger partial charge in [0.1, 0.15) is 11.5 Å². The molecule has 1 N–H and O–H groups in total. The summed E-state index contributed by atoms with van der Waals surface area (Å²) in [7, 11) is 0. The van der Waals surface area contributed by atoms with E-state index in [9.17, 15) is 4.79 Å². The van der Waals surface area contributed by atoms with Crippen LogP contribution in [0.1, 0.15) is 28.8 Å². The van der Waals surface area contributed by atoms with Gasteiger partial charge in [-0.15, -0.1) is 0 Å². The number of unbranched alkanes of at least 4 members (excludes halogenated alkanes) is 1. The molecule has 2 rings (SSSR count). The molecule has 0 spiro atoms. The molecule has 0 radical (unpaired) electrons. The number of hydrogen-bond acceptors (Lipinski definition) is 3. The second kappa shape index (κ2) is 8.08. The fraction of sp³-hybridized carbons (Fsp3) is 0.278. The van der Waals surface area contributed by atoms with Gasteiger partial charge in [-0.2, -0.15) is 0 Å². The Bertz CT molecular complexity index is 587. The minimum absolute atomic E-state index is 0.263. The van der Waals surface area contributed by atoms with E-state index in [0.29, 0.717) is 19.0 Å². The lowest BCUT2D eigenvalue weighted by molar-refractivity contribution is 0.0697. The van der Waals surface area contributed by atoms with Crippen LogP contribution in [0, 0.1) is 6.92 Å². The predicted molar refractivity (Wildman–Crippen MR) is 84.8 cm³/mol. The van der Waals surface area contributed by atoms with Crippen LogP contribution in [-0.2, 0) is 0 Å². The number of benzene rings is 2. The Balaban J connectivity index is 1.61. The van der Waals surface area contributed by atoms with Crippen LogP contribution in [0.4, 0.5) is 0 Å². The molecule has 0 saturated carbocycles. The fourth-order valence-electron chi connectivity index (χ4n) is 1.91. The van der Waals surface area contributed by atoms with Crippen molar-refractivity contribution >= 4 is 5.97 Å². The maximum absolute atomic E-state index is 10.7. The Kier molecular flexibility index (Phi) is 5.83. The Hall–Kier alpha value is -2.49. The number of aryl methyl sites for hydroxylation is 1. The van der Waals surface area contributed by atoms with Gasteiger partial charge in [-0.25, -0.2) is 4.79 Å². The molecule has 0 amide bonds. The van der Waals surface area contributed by atoms with Gasteiger partial charge in [0.15, 0.2) is 0 Å². The lowest BCUT2D eigenvalue weighted by atomic mass is 10.2. The van der Waals surface area contributed by atoms with Crippen LogP contribution in [0.3, 0.4) is 0 Å². The number of carbonyl (C=O) groups is 1. The second-order valence-corrected chi connectivity index (χ2v) is 5.05. The highest BCUT2D eigenvalue weighted by Gasteiger charge is 2.02. The van der Waals surface area contributed by atoms with Gasteiger partial charge in [-0.05, 0) is 56.2 Å². The molecular formula is C18H20O4. The van der Waals surface area contributed by atoms with Crippen molar-refractivity contribution in [2.45, 2.75) is 19.8 Å². The van der Waals surface area contributed by atoms with Crippen LogP contribution >= 0.6 is 0 Å². The minimum Gasteiger partial charge on any atom is -0.494 e. The molecule has 4 nitrogen and oxygen atoms in total. The third kappa shape index (κ3) is 5.13. The second-order valence-electron chi connectivity index (χ2n) is 5.05. The first-order chi connectivity index (χ1) is 10.6. The fourth-order valence-corrected chi connectivity index (χ4v) is 1.91. The Labute approximate surface area is 130 Å². The highest BCUT2D eigenvalue weighted by Crippen LogP contribution is 2.14. The molecule has 0 aliphatic carbocycles. The molecule has 0 atom stereocenters. The van der Waals surface area contributed by atoms with Gasteiger partial charge >= 0.3 is 5.97 Å². The van der Waals surface area contributed by atoms with Gasteiger partial charge < -0.3 is 14.6 Å². The average Bonchev–Trinajstić information content (AvgIpc) is 2.53. The summed E-state index contributed by atoms with van der Waals surface area (Å²) in [5, 5.41) is 8.80. The molecule has 4 heteroatoms. The maximum Gasteiger partial charge on any atom is 0.335 e. The van der Waals surface area contributed by atoms with E-state index in [1.807, 2.05) is 31.2 Å². The standard InChI is InChI=1S/C18H20O4/c1-14-4-8-16(9-5-14)21-12-2-3-13-22-17-10-6-15(7-11-17)18(19)20/h4-11H,2-3,12-13H2,1H3,(H,19,20). The van der Waals surface area contributed by atoms with Crippen LogP contribution in [-0.4, -0.2) is 24.3 Å². The monoisotopic (exact) mass is 300 g/mol. The maximum atomic E-state index is 10.7. The average molecular weight is 300 g/mol. The molecule has 0 saturated heterocycles. The third-order valence-corrected chi connectivity index (χ3v) is 3.20. The Morgan fingerprint density at radius 1 is 0.864 bits per heavy atom. The van der Waals surface area contributed by atoms with Crippen LogP contribution in [0.15, 0.2) is 48.5 Å². The van der Waals surface area contributed by atoms with Crippen LogP contribution < -0.4 is 9.47 Å². The molecule has 22 heavy (non-hydrogen) atoms. The van der Waals surface area contributed by atoms with Gasteiger partial charge in [-0.1, -0.05) is 17.7 Å². The SMILES string of the molecule is Cc1ccc(OCCCCOc2ccc(C(=O)O)cc2)cc1. The van der Waals surface area contributed by atoms with Crippen molar-refractivity contribution in [2.75, 3.05) is 13.2 Å². The number of carboxylic acid groups (broad SMARTS) is 1. The van der Waals surface area contributed by atoms with Gasteiger partial charge in [0.25, 0.3) is 0 Å². The summed E-state index contributed by atoms with van der Waals surface area (Å²) in [5.41, 5.74) is 1.48. The van der Waals surface area contributed by atoms with E-state index >= 15 is 0 Å². The summed E-state index contributed by atoms with van der Waals surface area (Å²) in [6.45, 7) is 3.29. The number of rotatable bonds is 8. The lowest BCUT2D eigenvalue weighted by Gasteiger charge is -2.08. The van der Waals surface area contributed by atoms with Crippen molar-refractivity contribution in [2.24, 2.45) is 0 Å². The summed E-state index contributed by atoms with van der Waals surface area (Å²) in [6.07, 6.45) is 1.79. The molecule has 0 aliphatic rings. The first-order valence-electron chi connectivity index (χ1n) is 7.31. The Morgan fingerprint density at radius 2 is 1.32 bits per heavy atom. The van der Waals surface area contributed by atoms with E-state index in [1.54, 1.807) is 12.1 Å². The predicted octanol–water partition coefficient (Wildman–Crippen LogP) is 3.93. The molecule has 116 valence electrons. The molecule has 0 unspecified atom stereocenters. The molecule has 0 bridgehead atoms. The molecule has 0 aromatic heterocycles. The van der Waals surface area contributed by atoms with Crippen molar-refractivity contribution in [1.29, 1.82) is 0 Å². The summed E-state index contributed by atoms with van der Waals surface area (Å²) in [4.78, 5) is 10.7. The highest BCUT2D eigenvalue weighted by atomic mass is 16.5. The number of carboxylic acids is 1. The molecule has 2 aromatic carbocycles. The topological polar surface area (TPSA) is 55.8 Å². The van der Waals surface area contributed by atoms with Crippen molar-refractivity contribution in [3.8, 4) is 11.5 Å². The van der Waals surface area contributed by atoms with Crippen molar-refractivity contribution < 1.29 is 19.4 Å². The third-order valence-electron chi connectivity index (χ3n) is 3.20. The van der Waals surface area contributed by atoms with Crippen molar-refractivity contribution in [3.05, 3.63) is 59.7 Å². The zero-order chi connectivity index (χ0) is 15.8. The quantitative estimate of drug-likeness (QED) is 0.750. The largest absolute Gasteiger partial charge is 0.494 e. The van der Waals surface area contributed by atoms with Gasteiger partial charge in [0.2, 0.25) is 0 Å². The zero-order valence-electron chi connectivity index (χ0n) is 12.6. The first-order valence-corrected chi connectivity index (χ1v) is 7.31. The smallest absolute Gasteiger partial charge is 0.335 e. The van der Waals surface area contributed by atoms with Gasteiger partial charge in [-0.3, -0.25) is 0 Å². The van der Waals surface area contributed by atoms with E-state index in [-0.39, 0.29) is 5.56 Å². The highest BCUT2D eigenvalue weighted by molar-refractivity contribution is 5.87. The summed E-state index contributed by atoms with van der Waals surface area (Å²) in [5.74, 6) is 0.639. The van der Waals surface area contributed by atoms with E-state index < -0.39 is 5.97 Å². The van der Waals surface area contributed by atoms with E-state index in [0.717, 1.165) is 18.6 Å². The van der Waals surface area contributed by atoms with Gasteiger partial charge in [0.05, 0.1) is 18.8 Å². The van der Waals surface area contributed by atoms with Crippen LogP contribution in [0.2, 0.25) is 0 Å². The number of ether oxygens (including phenoxy) is 2. The van der Waals surface area contributed by atoms with Crippen LogP contribution in [0.5, 0.6) is 11.5 Å². The van der Waals surface area contributed by atoms with Crippen molar-refractivity contribution in [3.63, 3.8) is 0 Å². The Morgan fingerprint density at radius 3 is 1.77 bits per heavy atom. The first kappa shape index (κ1) is 15.9. The van der Waals surface area contributed by atoms with E-state index in [2.05, 4.69) is 0 Å². The molecule has 0 heterocycles. The van der Waals surface area contributed by atoms with Crippen molar-refractivity contribution in [1.82, 2.24) is 0 Å². The summed E-state index contributed by atoms with van der Waals surface area (Å²) < 4.78 is 11.2. The molecular weight excluding hydrogens is 280 g/mol. The molecule has 0 fully saturated rings. The lowest BCUT2D eigenvalue weighted by Crippen LogP contribution is -2.03. The summed E-state index contributed by atoms with van der Waals surface area (Å²) >= 11 is 0. The minimum atomic E-state index is -0.931.